The Balaban J connectivity index is 1.98. The third-order valence-electron chi connectivity index (χ3n) is 3.04. The van der Waals surface area contributed by atoms with Crippen LogP contribution in [0.1, 0.15) is 5.56 Å². The molecule has 1 aromatic heterocycles. The predicted octanol–water partition coefficient (Wildman–Crippen LogP) is 4.27. The molecule has 0 aliphatic carbocycles. The summed E-state index contributed by atoms with van der Waals surface area (Å²) in [6.07, 6.45) is 2.15. The van der Waals surface area contributed by atoms with E-state index in [0.29, 0.717) is 33.8 Å². The lowest BCUT2D eigenvalue weighted by Gasteiger charge is -2.39. The largest absolute Gasteiger partial charge is 0.337 e. The van der Waals surface area contributed by atoms with Crippen LogP contribution < -0.4 is 10.0 Å². The van der Waals surface area contributed by atoms with E-state index in [1.54, 1.807) is 6.20 Å². The Hall–Kier alpha value is -1.06. The Kier molecular flexibility index (Phi) is 3.98. The Morgan fingerprint density at radius 3 is 3.00 bits per heavy atom. The van der Waals surface area contributed by atoms with E-state index in [4.69, 9.17) is 11.6 Å². The van der Waals surface area contributed by atoms with E-state index < -0.39 is 10.8 Å². The Bertz CT molecular complexity index is 701. The summed E-state index contributed by atoms with van der Waals surface area (Å²) in [6.45, 7) is 0. The summed E-state index contributed by atoms with van der Waals surface area (Å²) >= 11 is 9.14. The molecule has 21 heavy (non-hydrogen) atoms. The van der Waals surface area contributed by atoms with Crippen LogP contribution in [0.5, 0.6) is 0 Å². The second-order valence-corrected chi connectivity index (χ2v) is 7.66. The average molecular weight is 392 g/mol. The summed E-state index contributed by atoms with van der Waals surface area (Å²) in [5.74, 6) is 0.819. The maximum absolute atomic E-state index is 9.85. The lowest BCUT2D eigenvalue weighted by Crippen LogP contribution is -2.21. The van der Waals surface area contributed by atoms with Gasteiger partial charge in [0.15, 0.2) is 0 Å². The molecular formula is C12H12BrClN4O2S. The number of anilines is 3. The molecule has 4 N–H and O–H groups in total. The van der Waals surface area contributed by atoms with E-state index in [2.05, 4.69) is 35.9 Å². The van der Waals surface area contributed by atoms with Gasteiger partial charge in [0.05, 0.1) is 21.6 Å². The molecule has 112 valence electrons. The predicted molar refractivity (Wildman–Crippen MR) is 89.5 cm³/mol. The van der Waals surface area contributed by atoms with Crippen LogP contribution in [0, 0.1) is 0 Å². The van der Waals surface area contributed by atoms with E-state index in [1.807, 2.05) is 18.2 Å². The van der Waals surface area contributed by atoms with Gasteiger partial charge in [-0.15, -0.1) is 10.8 Å². The topological polar surface area (TPSA) is 90.3 Å². The minimum atomic E-state index is -2.79. The first-order valence-corrected chi connectivity index (χ1v) is 8.94. The van der Waals surface area contributed by atoms with Crippen molar-refractivity contribution in [3.8, 4) is 0 Å². The van der Waals surface area contributed by atoms with Gasteiger partial charge in [0.2, 0.25) is 5.28 Å². The van der Waals surface area contributed by atoms with Crippen molar-refractivity contribution < 1.29 is 9.11 Å². The van der Waals surface area contributed by atoms with Crippen molar-refractivity contribution in [2.75, 3.05) is 15.8 Å². The number of aromatic nitrogens is 2. The SMILES string of the molecule is OS1(O)CCc2cccc(Nc3nc(Cl)ncc3Br)c2N1. The number of nitrogens with zero attached hydrogens (tertiary/aromatic N) is 2. The van der Waals surface area contributed by atoms with E-state index >= 15 is 0 Å². The van der Waals surface area contributed by atoms with Gasteiger partial charge < -0.3 is 5.32 Å². The van der Waals surface area contributed by atoms with Gasteiger partial charge in [-0.2, -0.15) is 4.98 Å². The summed E-state index contributed by atoms with van der Waals surface area (Å²) in [7, 11) is -2.79. The summed E-state index contributed by atoms with van der Waals surface area (Å²) in [6, 6.07) is 5.68. The average Bonchev–Trinajstić information content (AvgIpc) is 2.43. The fourth-order valence-electron chi connectivity index (χ4n) is 2.06. The van der Waals surface area contributed by atoms with Crippen molar-refractivity contribution in [3.05, 3.63) is 39.7 Å². The number of hydrogen-bond donors (Lipinski definition) is 4. The van der Waals surface area contributed by atoms with Crippen LogP contribution in [0.4, 0.5) is 17.2 Å². The van der Waals surface area contributed by atoms with Gasteiger partial charge in [0.1, 0.15) is 5.82 Å². The molecule has 1 aliphatic heterocycles. The van der Waals surface area contributed by atoms with Crippen molar-refractivity contribution >= 4 is 55.5 Å². The maximum atomic E-state index is 9.85. The lowest BCUT2D eigenvalue weighted by atomic mass is 10.1. The molecule has 0 radical (unpaired) electrons. The first-order chi connectivity index (χ1) is 9.94. The Morgan fingerprint density at radius 2 is 2.19 bits per heavy atom. The monoisotopic (exact) mass is 390 g/mol. The number of halogens is 2. The van der Waals surface area contributed by atoms with Crippen LogP contribution in [-0.2, 0) is 6.42 Å². The van der Waals surface area contributed by atoms with Crippen LogP contribution in [0.25, 0.3) is 0 Å². The highest BCUT2D eigenvalue weighted by Crippen LogP contribution is 2.47. The van der Waals surface area contributed by atoms with E-state index in [-0.39, 0.29) is 5.28 Å². The van der Waals surface area contributed by atoms with Gasteiger partial charge in [0.25, 0.3) is 0 Å². The molecule has 6 nitrogen and oxygen atoms in total. The van der Waals surface area contributed by atoms with Gasteiger partial charge >= 0.3 is 0 Å². The second-order valence-electron chi connectivity index (χ2n) is 4.52. The van der Waals surface area contributed by atoms with Crippen LogP contribution in [0.15, 0.2) is 28.9 Å². The normalized spacial score (nSPS) is 17.5. The first-order valence-electron chi connectivity index (χ1n) is 6.05. The zero-order chi connectivity index (χ0) is 15.0. The fraction of sp³-hybridized carbons (Fsp3) is 0.167. The molecule has 0 saturated carbocycles. The standard InChI is InChI=1S/C12H12BrClN4O2S/c13-8-6-15-12(14)17-11(8)16-9-3-1-2-7-4-5-21(19,20)18-10(7)9/h1-3,6,18-20H,4-5H2,(H,15,16,17). The molecule has 2 aromatic rings. The van der Waals surface area contributed by atoms with Gasteiger partial charge in [-0.25, -0.2) is 4.98 Å². The van der Waals surface area contributed by atoms with Crippen molar-refractivity contribution in [1.29, 1.82) is 0 Å². The number of benzene rings is 1. The first kappa shape index (κ1) is 14.9. The van der Waals surface area contributed by atoms with Gasteiger partial charge in [0, 0.05) is 6.20 Å². The number of fused-ring (bicyclic) bond motifs is 1. The molecule has 3 rings (SSSR count). The van der Waals surface area contributed by atoms with Crippen molar-refractivity contribution in [2.45, 2.75) is 6.42 Å². The molecule has 9 heteroatoms. The molecule has 0 amide bonds. The highest BCUT2D eigenvalue weighted by molar-refractivity contribution is 9.10. The van der Waals surface area contributed by atoms with E-state index in [1.165, 1.54) is 0 Å². The van der Waals surface area contributed by atoms with Crippen LogP contribution in [0.3, 0.4) is 0 Å². The number of rotatable bonds is 2. The number of nitrogens with one attached hydrogen (secondary N) is 2. The molecule has 2 heterocycles. The quantitative estimate of drug-likeness (QED) is 0.572. The summed E-state index contributed by atoms with van der Waals surface area (Å²) in [5, 5.41) is 3.25. The summed E-state index contributed by atoms with van der Waals surface area (Å²) in [5.41, 5.74) is 2.38. The van der Waals surface area contributed by atoms with Crippen LogP contribution >= 0.6 is 38.3 Å². The van der Waals surface area contributed by atoms with Crippen molar-refractivity contribution in [1.82, 2.24) is 9.97 Å². The third-order valence-corrected chi connectivity index (χ3v) is 5.11. The van der Waals surface area contributed by atoms with E-state index in [0.717, 1.165) is 5.56 Å². The molecule has 1 aliphatic rings. The summed E-state index contributed by atoms with van der Waals surface area (Å²) < 4.78 is 23.2. The van der Waals surface area contributed by atoms with Gasteiger partial charge in [-0.3, -0.25) is 13.8 Å². The minimum Gasteiger partial charge on any atom is -0.337 e. The Labute approximate surface area is 136 Å². The molecule has 1 aromatic carbocycles. The third kappa shape index (κ3) is 3.24. The minimum absolute atomic E-state index is 0.128. The van der Waals surface area contributed by atoms with Crippen molar-refractivity contribution in [3.63, 3.8) is 0 Å². The lowest BCUT2D eigenvalue weighted by molar-refractivity contribution is 0.492. The summed E-state index contributed by atoms with van der Waals surface area (Å²) in [4.78, 5) is 7.97. The number of para-hydroxylation sites is 1. The molecule has 0 atom stereocenters. The second kappa shape index (κ2) is 5.62. The zero-order valence-electron chi connectivity index (χ0n) is 10.7. The van der Waals surface area contributed by atoms with E-state index in [9.17, 15) is 9.11 Å². The number of hydrogen-bond acceptors (Lipinski definition) is 6. The van der Waals surface area contributed by atoms with Crippen LogP contribution in [-0.4, -0.2) is 24.8 Å². The smallest absolute Gasteiger partial charge is 0.224 e. The molecular weight excluding hydrogens is 380 g/mol. The highest BCUT2D eigenvalue weighted by Gasteiger charge is 2.23. The highest BCUT2D eigenvalue weighted by atomic mass is 79.9. The zero-order valence-corrected chi connectivity index (χ0v) is 13.8. The van der Waals surface area contributed by atoms with Crippen molar-refractivity contribution in [2.24, 2.45) is 0 Å². The Morgan fingerprint density at radius 1 is 1.38 bits per heavy atom. The fourth-order valence-corrected chi connectivity index (χ4v) is 3.66. The molecule has 0 spiro atoms. The number of aryl methyl sites for hydroxylation is 1. The molecule has 0 unspecified atom stereocenters. The molecule has 0 bridgehead atoms. The van der Waals surface area contributed by atoms with Gasteiger partial charge in [-0.05, 0) is 45.6 Å². The molecule has 0 fully saturated rings. The van der Waals surface area contributed by atoms with Gasteiger partial charge in [-0.1, -0.05) is 12.1 Å². The molecule has 0 saturated heterocycles. The maximum Gasteiger partial charge on any atom is 0.224 e. The van der Waals surface area contributed by atoms with Crippen LogP contribution in [0.2, 0.25) is 5.28 Å².